The van der Waals surface area contributed by atoms with Gasteiger partial charge in [-0.05, 0) is 85.0 Å². The summed E-state index contributed by atoms with van der Waals surface area (Å²) in [5.74, 6) is -0.742. The number of carbonyl (C=O) groups is 2. The standard InChI is InChI=1S/C36H37BrClN3O4S/c1-26-8-7-13-32(22-26)41(46(44,45)33-20-18-30(38)19-21-33)25-35(42)40(24-28-14-16-29(37)17-15-28)34(23-27-9-3-2-4-10-27)36(43)39-31-11-5-6-12-31/h2-4,7-10,13-22,31,34H,5-6,11-12,23-25H2,1H3,(H,39,43)/t34-/m0/s1. The molecule has 4 aromatic rings. The average molecular weight is 723 g/mol. The molecule has 1 aliphatic rings. The van der Waals surface area contributed by atoms with E-state index in [4.69, 9.17) is 11.6 Å². The van der Waals surface area contributed by atoms with E-state index in [1.54, 1.807) is 18.2 Å². The van der Waals surface area contributed by atoms with Crippen molar-refractivity contribution >= 4 is 55.1 Å². The fraction of sp³-hybridized carbons (Fsp3) is 0.278. The van der Waals surface area contributed by atoms with Crippen molar-refractivity contribution in [3.63, 3.8) is 0 Å². The predicted octanol–water partition coefficient (Wildman–Crippen LogP) is 7.31. The van der Waals surface area contributed by atoms with Gasteiger partial charge in [0.1, 0.15) is 12.6 Å². The number of nitrogens with zero attached hydrogens (tertiary/aromatic N) is 2. The van der Waals surface area contributed by atoms with Crippen molar-refractivity contribution in [2.45, 2.75) is 62.6 Å². The molecule has 1 aliphatic carbocycles. The fourth-order valence-corrected chi connectivity index (χ4v) is 7.55. The number of amides is 2. The summed E-state index contributed by atoms with van der Waals surface area (Å²) in [7, 11) is -4.20. The van der Waals surface area contributed by atoms with Gasteiger partial charge in [-0.25, -0.2) is 8.42 Å². The Labute approximate surface area is 284 Å². The Bertz CT molecular complexity index is 1750. The molecule has 7 nitrogen and oxygen atoms in total. The molecule has 46 heavy (non-hydrogen) atoms. The van der Waals surface area contributed by atoms with E-state index in [0.717, 1.165) is 51.2 Å². The summed E-state index contributed by atoms with van der Waals surface area (Å²) >= 11 is 9.55. The maximum absolute atomic E-state index is 14.6. The second-order valence-corrected chi connectivity index (χ2v) is 14.9. The minimum Gasteiger partial charge on any atom is -0.352 e. The number of hydrogen-bond donors (Lipinski definition) is 1. The van der Waals surface area contributed by atoms with Gasteiger partial charge in [-0.1, -0.05) is 95.0 Å². The second-order valence-electron chi connectivity index (χ2n) is 11.6. The van der Waals surface area contributed by atoms with E-state index in [9.17, 15) is 18.0 Å². The van der Waals surface area contributed by atoms with Gasteiger partial charge in [0.25, 0.3) is 10.0 Å². The normalized spacial score (nSPS) is 14.1. The lowest BCUT2D eigenvalue weighted by atomic mass is 10.0. The summed E-state index contributed by atoms with van der Waals surface area (Å²) in [5.41, 5.74) is 2.89. The van der Waals surface area contributed by atoms with E-state index < -0.39 is 28.5 Å². The van der Waals surface area contributed by atoms with Crippen LogP contribution in [0.1, 0.15) is 42.4 Å². The molecule has 0 heterocycles. The molecular weight excluding hydrogens is 686 g/mol. The van der Waals surface area contributed by atoms with Crippen LogP contribution >= 0.6 is 27.5 Å². The van der Waals surface area contributed by atoms with Crippen molar-refractivity contribution in [3.8, 4) is 0 Å². The van der Waals surface area contributed by atoms with E-state index in [1.807, 2.05) is 67.6 Å². The molecule has 0 aliphatic heterocycles. The number of benzene rings is 4. The summed E-state index contributed by atoms with van der Waals surface area (Å²) in [6.07, 6.45) is 4.15. The van der Waals surface area contributed by atoms with Gasteiger partial charge < -0.3 is 10.2 Å². The Balaban J connectivity index is 1.56. The zero-order valence-electron chi connectivity index (χ0n) is 25.6. The zero-order chi connectivity index (χ0) is 32.7. The van der Waals surface area contributed by atoms with Crippen LogP contribution in [0.15, 0.2) is 112 Å². The molecule has 10 heteroatoms. The smallest absolute Gasteiger partial charge is 0.264 e. The van der Waals surface area contributed by atoms with E-state index in [-0.39, 0.29) is 29.8 Å². The van der Waals surface area contributed by atoms with Crippen molar-refractivity contribution < 1.29 is 18.0 Å². The van der Waals surface area contributed by atoms with Crippen LogP contribution in [0, 0.1) is 6.92 Å². The van der Waals surface area contributed by atoms with Gasteiger partial charge in [0.15, 0.2) is 0 Å². The summed E-state index contributed by atoms with van der Waals surface area (Å²) in [5, 5.41) is 3.60. The average Bonchev–Trinajstić information content (AvgIpc) is 3.56. The van der Waals surface area contributed by atoms with Crippen molar-refractivity contribution in [2.24, 2.45) is 0 Å². The molecule has 0 bridgehead atoms. The highest BCUT2D eigenvalue weighted by Gasteiger charge is 2.35. The number of halogens is 2. The van der Waals surface area contributed by atoms with Gasteiger partial charge >= 0.3 is 0 Å². The first-order chi connectivity index (χ1) is 22.1. The third kappa shape index (κ3) is 8.57. The lowest BCUT2D eigenvalue weighted by Gasteiger charge is -2.34. The third-order valence-electron chi connectivity index (χ3n) is 8.21. The largest absolute Gasteiger partial charge is 0.352 e. The minimum atomic E-state index is -4.20. The van der Waals surface area contributed by atoms with Gasteiger partial charge in [-0.15, -0.1) is 0 Å². The molecule has 5 rings (SSSR count). The first kappa shape index (κ1) is 33.7. The predicted molar refractivity (Wildman–Crippen MR) is 186 cm³/mol. The van der Waals surface area contributed by atoms with Crippen LogP contribution in [-0.2, 0) is 32.6 Å². The molecule has 1 atom stereocenters. The number of nitrogens with one attached hydrogen (secondary N) is 1. The van der Waals surface area contributed by atoms with Gasteiger partial charge in [0, 0.05) is 28.5 Å². The number of anilines is 1. The molecule has 0 saturated heterocycles. The molecule has 0 aromatic heterocycles. The Hall–Kier alpha value is -3.66. The number of rotatable bonds is 12. The molecule has 1 saturated carbocycles. The highest BCUT2D eigenvalue weighted by Crippen LogP contribution is 2.27. The van der Waals surface area contributed by atoms with E-state index >= 15 is 0 Å². The first-order valence-corrected chi connectivity index (χ1v) is 17.9. The molecule has 4 aromatic carbocycles. The Morgan fingerprint density at radius 1 is 0.891 bits per heavy atom. The van der Waals surface area contributed by atoms with Gasteiger partial charge in [0.2, 0.25) is 11.8 Å². The lowest BCUT2D eigenvalue weighted by molar-refractivity contribution is -0.140. The van der Waals surface area contributed by atoms with Crippen LogP contribution in [0.5, 0.6) is 0 Å². The number of hydrogen-bond acceptors (Lipinski definition) is 4. The second kappa shape index (κ2) is 15.3. The molecule has 0 radical (unpaired) electrons. The lowest BCUT2D eigenvalue weighted by Crippen LogP contribution is -2.54. The Morgan fingerprint density at radius 3 is 2.22 bits per heavy atom. The fourth-order valence-electron chi connectivity index (χ4n) is 5.75. The number of sulfonamides is 1. The van der Waals surface area contributed by atoms with Crippen molar-refractivity contribution in [3.05, 3.63) is 129 Å². The minimum absolute atomic E-state index is 0.00507. The highest BCUT2D eigenvalue weighted by molar-refractivity contribution is 9.10. The van der Waals surface area contributed by atoms with Crippen molar-refractivity contribution in [1.29, 1.82) is 0 Å². The summed E-state index contributed by atoms with van der Waals surface area (Å²) in [6.45, 7) is 1.47. The summed E-state index contributed by atoms with van der Waals surface area (Å²) in [6, 6.07) is 29.2. The molecule has 0 spiro atoms. The third-order valence-corrected chi connectivity index (χ3v) is 10.8. The Morgan fingerprint density at radius 2 is 1.57 bits per heavy atom. The summed E-state index contributed by atoms with van der Waals surface area (Å²) in [4.78, 5) is 30.2. The van der Waals surface area contributed by atoms with Crippen LogP contribution in [0.3, 0.4) is 0 Å². The van der Waals surface area contributed by atoms with Crippen molar-refractivity contribution in [1.82, 2.24) is 10.2 Å². The van der Waals surface area contributed by atoms with Crippen molar-refractivity contribution in [2.75, 3.05) is 10.8 Å². The maximum atomic E-state index is 14.6. The Kier molecular flexibility index (Phi) is 11.2. The van der Waals surface area contributed by atoms with E-state index in [1.165, 1.54) is 29.2 Å². The van der Waals surface area contributed by atoms with Gasteiger partial charge in [0.05, 0.1) is 10.6 Å². The molecule has 1 fully saturated rings. The van der Waals surface area contributed by atoms with Gasteiger partial charge in [-0.3, -0.25) is 13.9 Å². The van der Waals surface area contributed by atoms with Crippen LogP contribution in [0.25, 0.3) is 0 Å². The molecular formula is C36H37BrClN3O4S. The van der Waals surface area contributed by atoms with Crippen LogP contribution in [0.2, 0.25) is 5.02 Å². The molecule has 1 N–H and O–H groups in total. The molecule has 240 valence electrons. The number of carbonyl (C=O) groups excluding carboxylic acids is 2. The molecule has 2 amide bonds. The van der Waals surface area contributed by atoms with Crippen LogP contribution in [0.4, 0.5) is 5.69 Å². The number of aryl methyl sites for hydroxylation is 1. The van der Waals surface area contributed by atoms with Crippen LogP contribution < -0.4 is 9.62 Å². The monoisotopic (exact) mass is 721 g/mol. The van der Waals surface area contributed by atoms with E-state index in [2.05, 4.69) is 21.2 Å². The van der Waals surface area contributed by atoms with Crippen LogP contribution in [-0.4, -0.2) is 43.8 Å². The SMILES string of the molecule is Cc1cccc(N(CC(=O)N(Cc2ccc(Br)cc2)[C@@H](Cc2ccccc2)C(=O)NC2CCCC2)S(=O)(=O)c2ccc(Cl)cc2)c1. The quantitative estimate of drug-likeness (QED) is 0.166. The van der Waals surface area contributed by atoms with Gasteiger partial charge in [-0.2, -0.15) is 0 Å². The highest BCUT2D eigenvalue weighted by atomic mass is 79.9. The topological polar surface area (TPSA) is 86.8 Å². The first-order valence-electron chi connectivity index (χ1n) is 15.3. The summed E-state index contributed by atoms with van der Waals surface area (Å²) < 4.78 is 30.3. The maximum Gasteiger partial charge on any atom is 0.264 e. The zero-order valence-corrected chi connectivity index (χ0v) is 28.8. The van der Waals surface area contributed by atoms with E-state index in [0.29, 0.717) is 10.7 Å². The molecule has 0 unspecified atom stereocenters.